The number of carbonyl (C=O) groups excluding carboxylic acids is 1. The molecule has 0 aromatic rings. The van der Waals surface area contributed by atoms with E-state index in [9.17, 15) is 4.79 Å². The number of esters is 1. The number of nitrogens with zero attached hydrogens (tertiary/aromatic N) is 1. The third-order valence-electron chi connectivity index (χ3n) is 3.30. The van der Waals surface area contributed by atoms with Crippen LogP contribution >= 0.6 is 0 Å². The van der Waals surface area contributed by atoms with Crippen molar-refractivity contribution in [2.75, 3.05) is 32.9 Å². The third-order valence-corrected chi connectivity index (χ3v) is 3.30. The molecule has 1 heterocycles. The summed E-state index contributed by atoms with van der Waals surface area (Å²) < 4.78 is 10.5. The van der Waals surface area contributed by atoms with Gasteiger partial charge in [0.05, 0.1) is 25.2 Å². The molecule has 1 saturated heterocycles. The van der Waals surface area contributed by atoms with Crippen LogP contribution in [0, 0.1) is 0 Å². The summed E-state index contributed by atoms with van der Waals surface area (Å²) in [6.45, 7) is 9.81. The van der Waals surface area contributed by atoms with Crippen molar-refractivity contribution in [1.82, 2.24) is 4.90 Å². The fourth-order valence-electron chi connectivity index (χ4n) is 2.47. The molecule has 4 heteroatoms. The Morgan fingerprint density at radius 3 is 2.50 bits per heavy atom. The summed E-state index contributed by atoms with van der Waals surface area (Å²) >= 11 is 0. The van der Waals surface area contributed by atoms with Crippen molar-refractivity contribution in [1.29, 1.82) is 0 Å². The average Bonchev–Trinajstić information content (AvgIpc) is 2.69. The van der Waals surface area contributed by atoms with Gasteiger partial charge in [0.2, 0.25) is 0 Å². The molecule has 1 rings (SSSR count). The van der Waals surface area contributed by atoms with E-state index in [0.29, 0.717) is 19.6 Å². The zero-order valence-corrected chi connectivity index (χ0v) is 10.6. The maximum absolute atomic E-state index is 11.6. The molecular formula is C12H23NO3. The smallest absolute Gasteiger partial charge is 0.307 e. The Bertz CT molecular complexity index is 220. The van der Waals surface area contributed by atoms with Crippen LogP contribution in [-0.4, -0.2) is 49.3 Å². The van der Waals surface area contributed by atoms with Gasteiger partial charge in [0.1, 0.15) is 0 Å². The molecule has 1 aliphatic rings. The molecule has 4 nitrogen and oxygen atoms in total. The van der Waals surface area contributed by atoms with Gasteiger partial charge in [-0.05, 0) is 26.4 Å². The third kappa shape index (κ3) is 2.95. The molecule has 1 fully saturated rings. The second-order valence-electron chi connectivity index (χ2n) is 4.18. The summed E-state index contributed by atoms with van der Waals surface area (Å²) in [6, 6.07) is 0. The molecule has 1 atom stereocenters. The Morgan fingerprint density at radius 2 is 2.06 bits per heavy atom. The standard InChI is InChI=1S/C12H23NO3/c1-4-13(5-2)12(7-8-15-10-12)9-11(14)16-6-3/h4-10H2,1-3H3. The Hall–Kier alpha value is -0.610. The molecule has 0 aromatic carbocycles. The highest BCUT2D eigenvalue weighted by molar-refractivity contribution is 5.71. The van der Waals surface area contributed by atoms with Crippen LogP contribution in [0.2, 0.25) is 0 Å². The largest absolute Gasteiger partial charge is 0.466 e. The minimum atomic E-state index is -0.129. The summed E-state index contributed by atoms with van der Waals surface area (Å²) in [6.07, 6.45) is 1.37. The van der Waals surface area contributed by atoms with E-state index in [1.54, 1.807) is 0 Å². The first kappa shape index (κ1) is 13.5. The van der Waals surface area contributed by atoms with Crippen LogP contribution in [0.5, 0.6) is 0 Å². The fraction of sp³-hybridized carbons (Fsp3) is 0.917. The molecular weight excluding hydrogens is 206 g/mol. The van der Waals surface area contributed by atoms with Crippen molar-refractivity contribution in [3.05, 3.63) is 0 Å². The van der Waals surface area contributed by atoms with Crippen molar-refractivity contribution >= 4 is 5.97 Å². The summed E-state index contributed by atoms with van der Waals surface area (Å²) in [4.78, 5) is 14.0. The Labute approximate surface area is 97.9 Å². The molecule has 0 aromatic heterocycles. The van der Waals surface area contributed by atoms with Gasteiger partial charge in [0.15, 0.2) is 0 Å². The summed E-state index contributed by atoms with van der Waals surface area (Å²) in [5.74, 6) is -0.111. The topological polar surface area (TPSA) is 38.8 Å². The van der Waals surface area contributed by atoms with Crippen LogP contribution in [0.25, 0.3) is 0 Å². The molecule has 1 unspecified atom stereocenters. The number of carbonyl (C=O) groups is 1. The monoisotopic (exact) mass is 229 g/mol. The lowest BCUT2D eigenvalue weighted by Crippen LogP contribution is -2.50. The predicted octanol–water partition coefficient (Wildman–Crippen LogP) is 1.44. The van der Waals surface area contributed by atoms with Gasteiger partial charge in [0.25, 0.3) is 0 Å². The SMILES string of the molecule is CCOC(=O)CC1(N(CC)CC)CCOC1. The van der Waals surface area contributed by atoms with Gasteiger partial charge in [-0.1, -0.05) is 13.8 Å². The molecule has 0 bridgehead atoms. The quantitative estimate of drug-likeness (QED) is 0.646. The van der Waals surface area contributed by atoms with Crippen molar-refractivity contribution in [3.63, 3.8) is 0 Å². The van der Waals surface area contributed by atoms with E-state index in [-0.39, 0.29) is 11.5 Å². The highest BCUT2D eigenvalue weighted by atomic mass is 16.5. The zero-order chi connectivity index (χ0) is 12.0. The molecule has 0 aliphatic carbocycles. The van der Waals surface area contributed by atoms with E-state index in [4.69, 9.17) is 9.47 Å². The van der Waals surface area contributed by atoms with Crippen LogP contribution in [0.4, 0.5) is 0 Å². The lowest BCUT2D eigenvalue weighted by molar-refractivity contribution is -0.146. The number of ether oxygens (including phenoxy) is 2. The average molecular weight is 229 g/mol. The van der Waals surface area contributed by atoms with Crippen molar-refractivity contribution < 1.29 is 14.3 Å². The van der Waals surface area contributed by atoms with E-state index in [1.165, 1.54) is 0 Å². The van der Waals surface area contributed by atoms with Crippen molar-refractivity contribution in [3.8, 4) is 0 Å². The van der Waals surface area contributed by atoms with E-state index < -0.39 is 0 Å². The van der Waals surface area contributed by atoms with Crippen LogP contribution in [0.3, 0.4) is 0 Å². The van der Waals surface area contributed by atoms with Gasteiger partial charge in [-0.2, -0.15) is 0 Å². The highest BCUT2D eigenvalue weighted by Gasteiger charge is 2.41. The van der Waals surface area contributed by atoms with Crippen LogP contribution in [0.1, 0.15) is 33.6 Å². The highest BCUT2D eigenvalue weighted by Crippen LogP contribution is 2.30. The van der Waals surface area contributed by atoms with Gasteiger partial charge in [-0.15, -0.1) is 0 Å². The number of hydrogen-bond donors (Lipinski definition) is 0. The molecule has 0 spiro atoms. The Morgan fingerprint density at radius 1 is 1.38 bits per heavy atom. The summed E-state index contributed by atoms with van der Waals surface area (Å²) in [5, 5.41) is 0. The molecule has 0 N–H and O–H groups in total. The van der Waals surface area contributed by atoms with Crippen LogP contribution < -0.4 is 0 Å². The minimum absolute atomic E-state index is 0.111. The van der Waals surface area contributed by atoms with E-state index in [0.717, 1.165) is 26.1 Å². The number of rotatable bonds is 6. The maximum Gasteiger partial charge on any atom is 0.307 e. The van der Waals surface area contributed by atoms with Crippen LogP contribution in [0.15, 0.2) is 0 Å². The summed E-state index contributed by atoms with van der Waals surface area (Å²) in [5.41, 5.74) is -0.129. The van der Waals surface area contributed by atoms with Gasteiger partial charge < -0.3 is 9.47 Å². The first-order valence-corrected chi connectivity index (χ1v) is 6.17. The second-order valence-corrected chi connectivity index (χ2v) is 4.18. The van der Waals surface area contributed by atoms with Gasteiger partial charge in [-0.3, -0.25) is 9.69 Å². The van der Waals surface area contributed by atoms with Crippen LogP contribution in [-0.2, 0) is 14.3 Å². The zero-order valence-electron chi connectivity index (χ0n) is 10.6. The molecule has 16 heavy (non-hydrogen) atoms. The minimum Gasteiger partial charge on any atom is -0.466 e. The first-order chi connectivity index (χ1) is 7.68. The first-order valence-electron chi connectivity index (χ1n) is 6.17. The number of likely N-dealkylation sites (N-methyl/N-ethyl adjacent to an activating group) is 1. The molecule has 0 amide bonds. The van der Waals surface area contributed by atoms with Crippen molar-refractivity contribution in [2.45, 2.75) is 39.2 Å². The van der Waals surface area contributed by atoms with E-state index in [1.807, 2.05) is 6.92 Å². The Balaban J connectivity index is 2.68. The second kappa shape index (κ2) is 6.21. The van der Waals surface area contributed by atoms with Gasteiger partial charge in [-0.25, -0.2) is 0 Å². The lowest BCUT2D eigenvalue weighted by atomic mass is 9.92. The van der Waals surface area contributed by atoms with Gasteiger partial charge in [0, 0.05) is 6.61 Å². The maximum atomic E-state index is 11.6. The lowest BCUT2D eigenvalue weighted by Gasteiger charge is -2.38. The van der Waals surface area contributed by atoms with Gasteiger partial charge >= 0.3 is 5.97 Å². The summed E-state index contributed by atoms with van der Waals surface area (Å²) in [7, 11) is 0. The predicted molar refractivity (Wildman–Crippen MR) is 62.3 cm³/mol. The Kier molecular flexibility index (Phi) is 5.22. The fourth-order valence-corrected chi connectivity index (χ4v) is 2.47. The number of hydrogen-bond acceptors (Lipinski definition) is 4. The molecule has 0 saturated carbocycles. The van der Waals surface area contributed by atoms with E-state index in [2.05, 4.69) is 18.7 Å². The molecule has 94 valence electrons. The molecule has 1 aliphatic heterocycles. The normalized spacial score (nSPS) is 25.0. The molecule has 0 radical (unpaired) electrons. The van der Waals surface area contributed by atoms with E-state index >= 15 is 0 Å². The van der Waals surface area contributed by atoms with Crippen molar-refractivity contribution in [2.24, 2.45) is 0 Å².